The molecule has 9 heavy (non-hydrogen) atoms. The summed E-state index contributed by atoms with van der Waals surface area (Å²) in [6, 6.07) is 0.872. The fourth-order valence-corrected chi connectivity index (χ4v) is 1.30. The van der Waals surface area contributed by atoms with Gasteiger partial charge in [0, 0.05) is 18.3 Å². The van der Waals surface area contributed by atoms with Crippen molar-refractivity contribution in [3.8, 4) is 0 Å². The van der Waals surface area contributed by atoms with Crippen LogP contribution in [-0.2, 0) is 0 Å². The van der Waals surface area contributed by atoms with Crippen LogP contribution in [0.1, 0.15) is 19.3 Å². The molecule has 0 atom stereocenters. The van der Waals surface area contributed by atoms with Gasteiger partial charge in [-0.3, -0.25) is 0 Å². The lowest BCUT2D eigenvalue weighted by Crippen LogP contribution is -2.36. The first-order valence-electron chi connectivity index (χ1n) is 3.66. The molecule has 0 bridgehead atoms. The highest BCUT2D eigenvalue weighted by molar-refractivity contribution is 7.98. The Balaban J connectivity index is 1.80. The molecule has 0 unspecified atom stereocenters. The number of thioether (sulfide) groups is 1. The van der Waals surface area contributed by atoms with Crippen molar-refractivity contribution in [3.63, 3.8) is 0 Å². The van der Waals surface area contributed by atoms with Gasteiger partial charge in [0.1, 0.15) is 0 Å². The smallest absolute Gasteiger partial charge is 0.00674 e. The van der Waals surface area contributed by atoms with Crippen LogP contribution in [0, 0.1) is 0 Å². The van der Waals surface area contributed by atoms with E-state index in [4.69, 9.17) is 0 Å². The van der Waals surface area contributed by atoms with E-state index in [2.05, 4.69) is 11.6 Å². The number of hydrogen-bond donors (Lipinski definition) is 1. The Hall–Kier alpha value is 0.310. The molecule has 1 nitrogen and oxygen atoms in total. The van der Waals surface area contributed by atoms with Crippen molar-refractivity contribution in [3.05, 3.63) is 0 Å². The first-order valence-corrected chi connectivity index (χ1v) is 5.05. The van der Waals surface area contributed by atoms with Gasteiger partial charge in [-0.15, -0.1) is 0 Å². The Bertz CT molecular complexity index is 71.3. The van der Waals surface area contributed by atoms with Gasteiger partial charge in [0.15, 0.2) is 0 Å². The van der Waals surface area contributed by atoms with Crippen LogP contribution in [0.5, 0.6) is 0 Å². The quantitative estimate of drug-likeness (QED) is 0.602. The zero-order chi connectivity index (χ0) is 6.53. The topological polar surface area (TPSA) is 12.0 Å². The molecule has 0 aromatic heterocycles. The van der Waals surface area contributed by atoms with Crippen molar-refractivity contribution in [2.24, 2.45) is 0 Å². The summed E-state index contributed by atoms with van der Waals surface area (Å²) in [7, 11) is 0. The fourth-order valence-electron chi connectivity index (χ4n) is 0.977. The summed E-state index contributed by atoms with van der Waals surface area (Å²) in [5.74, 6) is 1.26. The van der Waals surface area contributed by atoms with Crippen molar-refractivity contribution >= 4 is 11.8 Å². The summed E-state index contributed by atoms with van der Waals surface area (Å²) < 4.78 is 0. The first-order chi connectivity index (χ1) is 4.43. The largest absolute Gasteiger partial charge is 0.313 e. The van der Waals surface area contributed by atoms with Crippen molar-refractivity contribution in [1.82, 2.24) is 5.32 Å². The predicted molar refractivity (Wildman–Crippen MR) is 44.0 cm³/mol. The minimum absolute atomic E-state index is 0.872. The Morgan fingerprint density at radius 1 is 1.56 bits per heavy atom. The summed E-state index contributed by atoms with van der Waals surface area (Å²) in [6.45, 7) is 1.20. The van der Waals surface area contributed by atoms with E-state index >= 15 is 0 Å². The van der Waals surface area contributed by atoms with Crippen LogP contribution < -0.4 is 5.32 Å². The summed E-state index contributed by atoms with van der Waals surface area (Å²) in [5, 5.41) is 3.50. The second kappa shape index (κ2) is 4.18. The Morgan fingerprint density at radius 2 is 2.33 bits per heavy atom. The third-order valence-electron chi connectivity index (χ3n) is 1.84. The maximum atomic E-state index is 3.50. The molecule has 1 saturated carbocycles. The molecule has 1 N–H and O–H groups in total. The third kappa shape index (κ3) is 2.59. The van der Waals surface area contributed by atoms with Crippen LogP contribution >= 0.6 is 11.8 Å². The van der Waals surface area contributed by atoms with Crippen LogP contribution in [0.25, 0.3) is 0 Å². The summed E-state index contributed by atoms with van der Waals surface area (Å²) in [4.78, 5) is 0. The highest BCUT2D eigenvalue weighted by Crippen LogP contribution is 2.17. The molecule has 0 aromatic rings. The molecule has 1 fully saturated rings. The average molecular weight is 145 g/mol. The van der Waals surface area contributed by atoms with Crippen molar-refractivity contribution in [1.29, 1.82) is 0 Å². The lowest BCUT2D eigenvalue weighted by Gasteiger charge is -2.26. The molecule has 2 heteroatoms. The molecular weight excluding hydrogens is 130 g/mol. The lowest BCUT2D eigenvalue weighted by atomic mass is 9.93. The van der Waals surface area contributed by atoms with Gasteiger partial charge < -0.3 is 5.32 Å². The second-order valence-corrected chi connectivity index (χ2v) is 3.56. The van der Waals surface area contributed by atoms with Crippen molar-refractivity contribution in [2.45, 2.75) is 25.3 Å². The summed E-state index contributed by atoms with van der Waals surface area (Å²) >= 11 is 1.92. The molecule has 1 aliphatic rings. The van der Waals surface area contributed by atoms with Gasteiger partial charge in [0.25, 0.3) is 0 Å². The minimum Gasteiger partial charge on any atom is -0.313 e. The predicted octanol–water partition coefficient (Wildman–Crippen LogP) is 1.49. The van der Waals surface area contributed by atoms with E-state index in [1.165, 1.54) is 31.6 Å². The molecule has 1 rings (SSSR count). The van der Waals surface area contributed by atoms with Crippen LogP contribution in [0.15, 0.2) is 0 Å². The Labute approximate surface area is 61.6 Å². The molecule has 0 amide bonds. The zero-order valence-corrected chi connectivity index (χ0v) is 6.84. The second-order valence-electron chi connectivity index (χ2n) is 2.57. The van der Waals surface area contributed by atoms with E-state index in [9.17, 15) is 0 Å². The standard InChI is InChI=1S/C7H15NS/c1-9-6-5-8-7-3-2-4-7/h7-8H,2-6H2,1H3. The van der Waals surface area contributed by atoms with E-state index in [-0.39, 0.29) is 0 Å². The molecule has 0 aromatic carbocycles. The van der Waals surface area contributed by atoms with E-state index in [0.717, 1.165) is 6.04 Å². The highest BCUT2D eigenvalue weighted by atomic mass is 32.2. The molecule has 0 saturated heterocycles. The van der Waals surface area contributed by atoms with Gasteiger partial charge in [0.05, 0.1) is 0 Å². The van der Waals surface area contributed by atoms with E-state index < -0.39 is 0 Å². The van der Waals surface area contributed by atoms with Crippen molar-refractivity contribution < 1.29 is 0 Å². The molecule has 0 heterocycles. The Morgan fingerprint density at radius 3 is 2.78 bits per heavy atom. The maximum Gasteiger partial charge on any atom is 0.00674 e. The van der Waals surface area contributed by atoms with E-state index in [1.54, 1.807) is 0 Å². The van der Waals surface area contributed by atoms with Gasteiger partial charge in [-0.1, -0.05) is 6.42 Å². The number of hydrogen-bond acceptors (Lipinski definition) is 2. The van der Waals surface area contributed by atoms with Gasteiger partial charge in [-0.25, -0.2) is 0 Å². The molecule has 0 radical (unpaired) electrons. The highest BCUT2D eigenvalue weighted by Gasteiger charge is 2.15. The number of rotatable bonds is 4. The SMILES string of the molecule is CSCCNC1CCC1. The first kappa shape index (κ1) is 7.42. The van der Waals surface area contributed by atoms with Crippen molar-refractivity contribution in [2.75, 3.05) is 18.6 Å². The monoisotopic (exact) mass is 145 g/mol. The maximum absolute atomic E-state index is 3.50. The summed E-state index contributed by atoms with van der Waals surface area (Å²) in [5.41, 5.74) is 0. The van der Waals surface area contributed by atoms with Gasteiger partial charge in [-0.2, -0.15) is 11.8 Å². The zero-order valence-electron chi connectivity index (χ0n) is 6.02. The lowest BCUT2D eigenvalue weighted by molar-refractivity contribution is 0.347. The fraction of sp³-hybridized carbons (Fsp3) is 1.00. The van der Waals surface area contributed by atoms with Crippen LogP contribution in [0.2, 0.25) is 0 Å². The molecule has 0 aliphatic heterocycles. The third-order valence-corrected chi connectivity index (χ3v) is 2.46. The minimum atomic E-state index is 0.872. The van der Waals surface area contributed by atoms with E-state index in [1.807, 2.05) is 11.8 Å². The Kier molecular flexibility index (Phi) is 3.44. The van der Waals surface area contributed by atoms with Crippen LogP contribution in [0.4, 0.5) is 0 Å². The van der Waals surface area contributed by atoms with E-state index in [0.29, 0.717) is 0 Å². The van der Waals surface area contributed by atoms with Crippen LogP contribution in [0.3, 0.4) is 0 Å². The average Bonchev–Trinajstić information content (AvgIpc) is 1.76. The summed E-state index contributed by atoms with van der Waals surface area (Å²) in [6.07, 6.45) is 6.42. The molecule has 0 spiro atoms. The molecule has 54 valence electrons. The normalized spacial score (nSPS) is 19.7. The van der Waals surface area contributed by atoms with Gasteiger partial charge in [0.2, 0.25) is 0 Å². The van der Waals surface area contributed by atoms with Crippen LogP contribution in [-0.4, -0.2) is 24.6 Å². The van der Waals surface area contributed by atoms with Gasteiger partial charge in [-0.05, 0) is 19.1 Å². The molecular formula is C7H15NS. The molecule has 1 aliphatic carbocycles. The van der Waals surface area contributed by atoms with Gasteiger partial charge >= 0.3 is 0 Å². The number of nitrogens with one attached hydrogen (secondary N) is 1.